The van der Waals surface area contributed by atoms with Gasteiger partial charge >= 0.3 is 0 Å². The topological polar surface area (TPSA) is 38.0 Å². The van der Waals surface area contributed by atoms with Gasteiger partial charge in [0.2, 0.25) is 0 Å². The Labute approximate surface area is 104 Å². The van der Waals surface area contributed by atoms with Gasteiger partial charge in [0, 0.05) is 17.7 Å². The lowest BCUT2D eigenvalue weighted by atomic mass is 9.81. The number of hydrogen-bond donors (Lipinski definition) is 2. The zero-order valence-electron chi connectivity index (χ0n) is 10.1. The minimum absolute atomic E-state index is 0.0956. The number of hydrazine groups is 1. The molecule has 100 valence electrons. The van der Waals surface area contributed by atoms with Crippen molar-refractivity contribution in [3.63, 3.8) is 0 Å². The van der Waals surface area contributed by atoms with Crippen molar-refractivity contribution in [3.8, 4) is 0 Å². The molecule has 0 bridgehead atoms. The maximum atomic E-state index is 13.7. The molecule has 1 aliphatic carbocycles. The van der Waals surface area contributed by atoms with Crippen LogP contribution >= 0.6 is 0 Å². The Morgan fingerprint density at radius 1 is 1.06 bits per heavy atom. The lowest BCUT2D eigenvalue weighted by Crippen LogP contribution is -2.35. The van der Waals surface area contributed by atoms with E-state index in [1.165, 1.54) is 0 Å². The molecule has 1 aliphatic rings. The van der Waals surface area contributed by atoms with Crippen molar-refractivity contribution in [2.75, 3.05) is 0 Å². The smallest absolute Gasteiger partial charge is 0.133 e. The zero-order valence-corrected chi connectivity index (χ0v) is 10.1. The first-order valence-electron chi connectivity index (χ1n) is 6.24. The molecule has 0 aliphatic heterocycles. The van der Waals surface area contributed by atoms with Gasteiger partial charge in [-0.2, -0.15) is 0 Å². The summed E-state index contributed by atoms with van der Waals surface area (Å²) in [4.78, 5) is 0. The summed E-state index contributed by atoms with van der Waals surface area (Å²) < 4.78 is 40.3. The van der Waals surface area contributed by atoms with E-state index in [1.54, 1.807) is 0 Å². The molecule has 3 N–H and O–H groups in total. The van der Waals surface area contributed by atoms with E-state index in [0.717, 1.165) is 32.1 Å². The molecule has 0 amide bonds. The molecule has 1 aromatic rings. The highest BCUT2D eigenvalue weighted by Crippen LogP contribution is 2.36. The van der Waals surface area contributed by atoms with Crippen LogP contribution in [0.5, 0.6) is 0 Å². The summed E-state index contributed by atoms with van der Waals surface area (Å²) in [6, 6.07) is 0.808. The molecule has 1 aromatic carbocycles. The van der Waals surface area contributed by atoms with Crippen LogP contribution in [-0.4, -0.2) is 0 Å². The first-order chi connectivity index (χ1) is 8.63. The fourth-order valence-corrected chi connectivity index (χ4v) is 2.77. The Morgan fingerprint density at radius 3 is 2.11 bits per heavy atom. The molecule has 1 unspecified atom stereocenters. The highest BCUT2D eigenvalue weighted by molar-refractivity contribution is 5.25. The van der Waals surface area contributed by atoms with Gasteiger partial charge in [0.1, 0.15) is 17.5 Å². The fourth-order valence-electron chi connectivity index (χ4n) is 2.77. The highest BCUT2D eigenvalue weighted by atomic mass is 19.1. The van der Waals surface area contributed by atoms with Crippen LogP contribution in [0.4, 0.5) is 13.2 Å². The minimum atomic E-state index is -0.909. The van der Waals surface area contributed by atoms with Gasteiger partial charge in [0.05, 0.1) is 6.04 Å². The van der Waals surface area contributed by atoms with Crippen molar-refractivity contribution in [1.82, 2.24) is 5.43 Å². The Bertz CT molecular complexity index is 394. The van der Waals surface area contributed by atoms with E-state index in [0.29, 0.717) is 12.1 Å². The summed E-state index contributed by atoms with van der Waals surface area (Å²) in [5.74, 6) is 2.87. The summed E-state index contributed by atoms with van der Waals surface area (Å²) in [6.07, 6.45) is 4.97. The van der Waals surface area contributed by atoms with E-state index in [2.05, 4.69) is 5.43 Å². The Morgan fingerprint density at radius 2 is 1.61 bits per heavy atom. The summed E-state index contributed by atoms with van der Waals surface area (Å²) >= 11 is 0. The second-order valence-corrected chi connectivity index (χ2v) is 4.83. The van der Waals surface area contributed by atoms with Crippen molar-refractivity contribution >= 4 is 0 Å². The fraction of sp³-hybridized carbons (Fsp3) is 0.538. The molecule has 2 rings (SSSR count). The molecule has 1 saturated carbocycles. The molecule has 0 heterocycles. The van der Waals surface area contributed by atoms with Crippen LogP contribution in [-0.2, 0) is 0 Å². The molecule has 0 radical (unpaired) electrons. The number of nitrogens with one attached hydrogen (secondary N) is 1. The molecular weight excluding hydrogens is 241 g/mol. The van der Waals surface area contributed by atoms with Gasteiger partial charge < -0.3 is 0 Å². The quantitative estimate of drug-likeness (QED) is 0.645. The Hall–Kier alpha value is -1.07. The lowest BCUT2D eigenvalue weighted by molar-refractivity contribution is 0.263. The summed E-state index contributed by atoms with van der Waals surface area (Å²) in [5, 5.41) is 0. The molecule has 1 atom stereocenters. The van der Waals surface area contributed by atoms with Gasteiger partial charge in [0.25, 0.3) is 0 Å². The first kappa shape index (κ1) is 13.4. The van der Waals surface area contributed by atoms with E-state index in [4.69, 9.17) is 5.84 Å². The number of rotatable bonds is 3. The van der Waals surface area contributed by atoms with Crippen LogP contribution in [0.3, 0.4) is 0 Å². The average Bonchev–Trinajstić information content (AvgIpc) is 2.34. The second kappa shape index (κ2) is 5.71. The van der Waals surface area contributed by atoms with Crippen LogP contribution < -0.4 is 11.3 Å². The van der Waals surface area contributed by atoms with E-state index in [9.17, 15) is 13.2 Å². The standard InChI is InChI=1S/C13H17F3N2/c14-9-6-10(15)12(11(16)7-9)13(18-17)8-4-2-1-3-5-8/h6-8,13,18H,1-5,17H2. The molecule has 0 saturated heterocycles. The van der Waals surface area contributed by atoms with Crippen LogP contribution in [0, 0.1) is 23.4 Å². The zero-order chi connectivity index (χ0) is 13.1. The third kappa shape index (κ3) is 2.67. The van der Waals surface area contributed by atoms with E-state index < -0.39 is 23.5 Å². The van der Waals surface area contributed by atoms with Crippen molar-refractivity contribution < 1.29 is 13.2 Å². The van der Waals surface area contributed by atoms with Crippen LogP contribution in [0.25, 0.3) is 0 Å². The number of halogens is 3. The number of hydrogen-bond acceptors (Lipinski definition) is 2. The van der Waals surface area contributed by atoms with Crippen LogP contribution in [0.1, 0.15) is 43.7 Å². The second-order valence-electron chi connectivity index (χ2n) is 4.83. The van der Waals surface area contributed by atoms with Crippen LogP contribution in [0.15, 0.2) is 12.1 Å². The monoisotopic (exact) mass is 258 g/mol. The molecule has 0 aromatic heterocycles. The number of nitrogens with two attached hydrogens (primary N) is 1. The third-order valence-electron chi connectivity index (χ3n) is 3.66. The third-order valence-corrected chi connectivity index (χ3v) is 3.66. The summed E-state index contributed by atoms with van der Waals surface area (Å²) in [6.45, 7) is 0. The number of benzene rings is 1. The van der Waals surface area contributed by atoms with Crippen molar-refractivity contribution in [2.45, 2.75) is 38.1 Å². The predicted molar refractivity (Wildman–Crippen MR) is 63.0 cm³/mol. The maximum Gasteiger partial charge on any atom is 0.133 e. The molecule has 0 spiro atoms. The van der Waals surface area contributed by atoms with Crippen molar-refractivity contribution in [2.24, 2.45) is 11.8 Å². The van der Waals surface area contributed by atoms with Crippen LogP contribution in [0.2, 0.25) is 0 Å². The summed E-state index contributed by atoms with van der Waals surface area (Å²) in [7, 11) is 0. The SMILES string of the molecule is NNC(c1c(F)cc(F)cc1F)C1CCCCC1. The van der Waals surface area contributed by atoms with Gasteiger partial charge in [-0.1, -0.05) is 19.3 Å². The molecule has 2 nitrogen and oxygen atoms in total. The van der Waals surface area contributed by atoms with E-state index in [-0.39, 0.29) is 11.5 Å². The lowest BCUT2D eigenvalue weighted by Gasteiger charge is -2.30. The van der Waals surface area contributed by atoms with Gasteiger partial charge in [-0.15, -0.1) is 0 Å². The molecular formula is C13H17F3N2. The van der Waals surface area contributed by atoms with Gasteiger partial charge in [-0.25, -0.2) is 13.2 Å². The van der Waals surface area contributed by atoms with Gasteiger partial charge in [-0.05, 0) is 18.8 Å². The van der Waals surface area contributed by atoms with Crippen molar-refractivity contribution in [3.05, 3.63) is 35.1 Å². The Balaban J connectivity index is 2.32. The first-order valence-corrected chi connectivity index (χ1v) is 6.24. The predicted octanol–water partition coefficient (Wildman–Crippen LogP) is 3.19. The molecule has 5 heteroatoms. The van der Waals surface area contributed by atoms with E-state index in [1.807, 2.05) is 0 Å². The van der Waals surface area contributed by atoms with Gasteiger partial charge in [0.15, 0.2) is 0 Å². The maximum absolute atomic E-state index is 13.7. The van der Waals surface area contributed by atoms with Gasteiger partial charge in [-0.3, -0.25) is 11.3 Å². The highest BCUT2D eigenvalue weighted by Gasteiger charge is 2.29. The minimum Gasteiger partial charge on any atom is -0.271 e. The average molecular weight is 258 g/mol. The molecule has 1 fully saturated rings. The normalized spacial score (nSPS) is 18.9. The molecule has 18 heavy (non-hydrogen) atoms. The summed E-state index contributed by atoms with van der Waals surface area (Å²) in [5.41, 5.74) is 2.34. The largest absolute Gasteiger partial charge is 0.271 e. The van der Waals surface area contributed by atoms with Crippen molar-refractivity contribution in [1.29, 1.82) is 0 Å². The Kier molecular flexibility index (Phi) is 4.24. The van der Waals surface area contributed by atoms with E-state index >= 15 is 0 Å².